The number of aryl methyl sites for hydroxylation is 1. The van der Waals surface area contributed by atoms with E-state index in [0.717, 1.165) is 9.57 Å². The van der Waals surface area contributed by atoms with Crippen molar-refractivity contribution in [2.45, 2.75) is 6.92 Å². The van der Waals surface area contributed by atoms with E-state index in [9.17, 15) is 0 Å². The van der Waals surface area contributed by atoms with Gasteiger partial charge in [-0.25, -0.2) is 0 Å². The number of fused-ring (bicyclic) bond motifs is 5. The second-order valence-electron chi connectivity index (χ2n) is 5.06. The number of ether oxygens (including phenoxy) is 1. The van der Waals surface area contributed by atoms with Crippen molar-refractivity contribution < 1.29 is 4.74 Å². The summed E-state index contributed by atoms with van der Waals surface area (Å²) in [5.41, 5.74) is 1.27. The third-order valence-corrected chi connectivity index (χ3v) is 6.29. The molecule has 0 amide bonds. The van der Waals surface area contributed by atoms with Crippen LogP contribution in [-0.2, 0) is 0 Å². The molecule has 0 unspecified atom stereocenters. The molecule has 0 aliphatic carbocycles. The van der Waals surface area contributed by atoms with E-state index in [1.165, 1.54) is 35.8 Å². The molecule has 4 heteroatoms. The highest BCUT2D eigenvalue weighted by atomic mass is 32.1. The van der Waals surface area contributed by atoms with Crippen molar-refractivity contribution >= 4 is 65.1 Å². The Balaban J connectivity index is 2.25. The van der Waals surface area contributed by atoms with Gasteiger partial charge in [0.25, 0.3) is 0 Å². The van der Waals surface area contributed by atoms with Gasteiger partial charge in [-0.1, -0.05) is 23.8 Å². The molecule has 0 fully saturated rings. The minimum absolute atomic E-state index is 0.879. The predicted octanol–water partition coefficient (Wildman–Crippen LogP) is 6.32. The zero-order chi connectivity index (χ0) is 14.6. The third kappa shape index (κ3) is 1.98. The zero-order valence-corrected chi connectivity index (χ0v) is 14.0. The summed E-state index contributed by atoms with van der Waals surface area (Å²) in [4.78, 5) is 0. The van der Waals surface area contributed by atoms with Crippen molar-refractivity contribution in [1.29, 1.82) is 0 Å². The van der Waals surface area contributed by atoms with Gasteiger partial charge in [0.15, 0.2) is 0 Å². The first kappa shape index (κ1) is 13.2. The maximum Gasteiger partial charge on any atom is 0.120 e. The highest BCUT2D eigenvalue weighted by Gasteiger charge is 2.11. The van der Waals surface area contributed by atoms with Crippen molar-refractivity contribution in [1.82, 2.24) is 0 Å². The second kappa shape index (κ2) is 4.77. The summed E-state index contributed by atoms with van der Waals surface area (Å²) in [5, 5.41) is 3.79. The van der Waals surface area contributed by atoms with Crippen LogP contribution in [0.5, 0.6) is 5.75 Å². The van der Waals surface area contributed by atoms with Crippen LogP contribution in [0.25, 0.3) is 30.3 Å². The minimum atomic E-state index is 0.879. The van der Waals surface area contributed by atoms with Crippen LogP contribution >= 0.6 is 34.9 Å². The lowest BCUT2D eigenvalue weighted by atomic mass is 10.1. The van der Waals surface area contributed by atoms with Crippen LogP contribution in [0.4, 0.5) is 0 Å². The van der Waals surface area contributed by atoms with Crippen LogP contribution in [-0.4, -0.2) is 7.11 Å². The van der Waals surface area contributed by atoms with Crippen molar-refractivity contribution in [3.8, 4) is 5.75 Å². The maximum absolute atomic E-state index is 5.67. The first-order chi connectivity index (χ1) is 10.2. The average molecular weight is 328 g/mol. The van der Waals surface area contributed by atoms with Crippen LogP contribution in [0.2, 0.25) is 0 Å². The molecule has 0 spiro atoms. The van der Waals surface area contributed by atoms with E-state index >= 15 is 0 Å². The van der Waals surface area contributed by atoms with Gasteiger partial charge in [0, 0.05) is 30.3 Å². The van der Waals surface area contributed by atoms with E-state index < -0.39 is 0 Å². The Morgan fingerprint density at radius 2 is 1.81 bits per heavy atom. The van der Waals surface area contributed by atoms with Crippen LogP contribution in [0.15, 0.2) is 36.4 Å². The lowest BCUT2D eigenvalue weighted by Gasteiger charge is -2.03. The van der Waals surface area contributed by atoms with Crippen molar-refractivity contribution in [2.24, 2.45) is 0 Å². The van der Waals surface area contributed by atoms with E-state index in [-0.39, 0.29) is 0 Å². The van der Waals surface area contributed by atoms with Crippen molar-refractivity contribution in [2.75, 3.05) is 7.11 Å². The number of hydrogen-bond donors (Lipinski definition) is 0. The Kier molecular flexibility index (Phi) is 2.99. The smallest absolute Gasteiger partial charge is 0.120 e. The number of thiophene rings is 1. The quantitative estimate of drug-likeness (QED) is 0.378. The monoisotopic (exact) mass is 328 g/mol. The summed E-state index contributed by atoms with van der Waals surface area (Å²) in [6.07, 6.45) is 0. The fourth-order valence-electron chi connectivity index (χ4n) is 2.66. The van der Waals surface area contributed by atoms with Gasteiger partial charge in [-0.05, 0) is 37.3 Å². The summed E-state index contributed by atoms with van der Waals surface area (Å²) in [7, 11) is 1.70. The Morgan fingerprint density at radius 1 is 0.952 bits per heavy atom. The van der Waals surface area contributed by atoms with Gasteiger partial charge in [-0.2, -0.15) is 0 Å². The molecule has 0 aliphatic heterocycles. The molecule has 2 heterocycles. The summed E-state index contributed by atoms with van der Waals surface area (Å²) < 4.78 is 10.1. The Labute approximate surface area is 135 Å². The largest absolute Gasteiger partial charge is 0.497 e. The topological polar surface area (TPSA) is 9.23 Å². The first-order valence-electron chi connectivity index (χ1n) is 6.61. The second-order valence-corrected chi connectivity index (χ2v) is 7.83. The number of methoxy groups -OCH3 is 1. The summed E-state index contributed by atoms with van der Waals surface area (Å²) >= 11 is 9.16. The van der Waals surface area contributed by atoms with E-state index in [2.05, 4.69) is 37.3 Å². The van der Waals surface area contributed by atoms with Crippen LogP contribution in [0.3, 0.4) is 0 Å². The SMILES string of the molecule is COc1ccc2c(c1)sc(=S)c1c3cc(C)ccc3sc21. The lowest BCUT2D eigenvalue weighted by molar-refractivity contribution is 0.415. The van der Waals surface area contributed by atoms with Gasteiger partial charge in [-0.3, -0.25) is 0 Å². The van der Waals surface area contributed by atoms with Gasteiger partial charge in [0.2, 0.25) is 0 Å². The first-order valence-corrected chi connectivity index (χ1v) is 8.65. The van der Waals surface area contributed by atoms with Crippen molar-refractivity contribution in [3.63, 3.8) is 0 Å². The van der Waals surface area contributed by atoms with E-state index in [1.54, 1.807) is 18.4 Å². The molecule has 4 rings (SSSR count). The molecule has 104 valence electrons. The van der Waals surface area contributed by atoms with Gasteiger partial charge in [-0.15, -0.1) is 22.7 Å². The van der Waals surface area contributed by atoms with Crippen LogP contribution in [0.1, 0.15) is 5.56 Å². The zero-order valence-electron chi connectivity index (χ0n) is 11.6. The molecule has 0 bridgehead atoms. The Bertz CT molecular complexity index is 1060. The van der Waals surface area contributed by atoms with Gasteiger partial charge >= 0.3 is 0 Å². The normalized spacial score (nSPS) is 11.5. The fourth-order valence-corrected chi connectivity index (χ4v) is 5.53. The molecule has 2 aromatic heterocycles. The molecular formula is C17H12OS3. The van der Waals surface area contributed by atoms with E-state index in [0.29, 0.717) is 0 Å². The molecule has 2 aromatic carbocycles. The highest BCUT2D eigenvalue weighted by molar-refractivity contribution is 7.74. The summed E-state index contributed by atoms with van der Waals surface area (Å²) in [5.74, 6) is 0.879. The molecule has 4 aromatic rings. The number of hydrogen-bond acceptors (Lipinski definition) is 4. The highest BCUT2D eigenvalue weighted by Crippen LogP contribution is 2.42. The Morgan fingerprint density at radius 3 is 2.62 bits per heavy atom. The third-order valence-electron chi connectivity index (χ3n) is 3.68. The van der Waals surface area contributed by atoms with Crippen molar-refractivity contribution in [3.05, 3.63) is 45.8 Å². The standard InChI is InChI=1S/C17H12OS3/c1-9-3-6-13-12(7-9)15-16(20-13)11-5-4-10(18-2)8-14(11)21-17(15)19/h3-8H,1-2H3. The fraction of sp³-hybridized carbons (Fsp3) is 0.118. The predicted molar refractivity (Wildman–Crippen MR) is 96.8 cm³/mol. The summed E-state index contributed by atoms with van der Waals surface area (Å²) in [6, 6.07) is 12.8. The Hall–Kier alpha value is -1.49. The average Bonchev–Trinajstić information content (AvgIpc) is 2.86. The molecule has 21 heavy (non-hydrogen) atoms. The van der Waals surface area contributed by atoms with Gasteiger partial charge < -0.3 is 4.74 Å². The van der Waals surface area contributed by atoms with E-state index in [4.69, 9.17) is 17.0 Å². The maximum atomic E-state index is 5.67. The molecule has 1 nitrogen and oxygen atoms in total. The van der Waals surface area contributed by atoms with Gasteiger partial charge in [0.05, 0.1) is 10.9 Å². The van der Waals surface area contributed by atoms with Gasteiger partial charge in [0.1, 0.15) is 5.75 Å². The van der Waals surface area contributed by atoms with E-state index in [1.807, 2.05) is 17.4 Å². The number of rotatable bonds is 1. The molecule has 0 radical (unpaired) electrons. The molecule has 0 atom stereocenters. The molecular weight excluding hydrogens is 316 g/mol. The minimum Gasteiger partial charge on any atom is -0.497 e. The molecule has 0 N–H and O–H groups in total. The number of benzene rings is 2. The lowest BCUT2D eigenvalue weighted by Crippen LogP contribution is -1.81. The van der Waals surface area contributed by atoms with Crippen LogP contribution < -0.4 is 4.74 Å². The molecule has 0 aliphatic rings. The van der Waals surface area contributed by atoms with Crippen LogP contribution in [0, 0.1) is 10.7 Å². The molecule has 0 saturated carbocycles. The summed E-state index contributed by atoms with van der Waals surface area (Å²) in [6.45, 7) is 2.13. The molecule has 0 saturated heterocycles.